The van der Waals surface area contributed by atoms with Gasteiger partial charge >= 0.3 is 0 Å². The van der Waals surface area contributed by atoms with Crippen molar-refractivity contribution in [3.05, 3.63) is 82.8 Å². The summed E-state index contributed by atoms with van der Waals surface area (Å²) in [6.07, 6.45) is 5.48. The fraction of sp³-hybridized carbons (Fsp3) is 0.579. The Bertz CT molecular complexity index is 2740. The summed E-state index contributed by atoms with van der Waals surface area (Å²) in [7, 11) is 0. The number of carbonyl (C=O) groups excluding carboxylic acids is 6. The Labute approximate surface area is 487 Å². The van der Waals surface area contributed by atoms with Crippen LogP contribution in [0.1, 0.15) is 70.8 Å². The number of piperazine rings is 1. The van der Waals surface area contributed by atoms with Crippen LogP contribution in [-0.2, 0) is 57.1 Å². The number of benzene rings is 2. The van der Waals surface area contributed by atoms with Crippen LogP contribution in [0.2, 0.25) is 5.02 Å². The van der Waals surface area contributed by atoms with Gasteiger partial charge in [-0.15, -0.1) is 0 Å². The van der Waals surface area contributed by atoms with E-state index < -0.39 is 35.2 Å². The third kappa shape index (κ3) is 18.4. The quantitative estimate of drug-likeness (QED) is 0.0323. The van der Waals surface area contributed by atoms with Gasteiger partial charge in [-0.1, -0.05) is 29.8 Å². The molecular formula is C57H78ClN11O14. The first kappa shape index (κ1) is 62.8. The first-order valence-corrected chi connectivity index (χ1v) is 29.0. The molecule has 0 saturated carbocycles. The summed E-state index contributed by atoms with van der Waals surface area (Å²) < 4.78 is 44.7. The number of ether oxygens (including phenoxy) is 8. The number of amides is 6. The number of anilines is 2. The predicted octanol–water partition coefficient (Wildman–Crippen LogP) is 2.34. The van der Waals surface area contributed by atoms with Gasteiger partial charge in [0.15, 0.2) is 0 Å². The van der Waals surface area contributed by atoms with Crippen LogP contribution in [0.3, 0.4) is 0 Å². The molecule has 0 aliphatic carbocycles. The average molecular weight is 1180 g/mol. The third-order valence-corrected chi connectivity index (χ3v) is 15.1. The molecule has 6 N–H and O–H groups in total. The summed E-state index contributed by atoms with van der Waals surface area (Å²) in [6.45, 7) is 11.4. The van der Waals surface area contributed by atoms with E-state index in [4.69, 9.17) is 55.2 Å². The first-order valence-electron chi connectivity index (χ1n) is 28.6. The number of imide groups is 2. The molecule has 3 saturated heterocycles. The molecular weight excluding hydrogens is 1100 g/mol. The number of halogens is 1. The summed E-state index contributed by atoms with van der Waals surface area (Å²) in [5.41, 5.74) is 8.42. The van der Waals surface area contributed by atoms with Gasteiger partial charge in [0, 0.05) is 75.7 Å². The third-order valence-electron chi connectivity index (χ3n) is 14.9. The number of hydrogen-bond acceptors (Lipinski definition) is 20. The fourth-order valence-corrected chi connectivity index (χ4v) is 10.3. The van der Waals surface area contributed by atoms with Gasteiger partial charge in [-0.3, -0.25) is 43.9 Å². The molecule has 25 nitrogen and oxygen atoms in total. The SMILES string of the molecule is NC1(C(=O)NC(CCN2CCN(C(=O)CCOCCOCCOCCOCCOCCOCCOCCOCCNc3cccc4c3C(=O)N(C3CCC(=O)NC3=O)C4=O)CC2)c2ccc(Cl)cc2)CCN(c2ncnc3[nH]ccc23)CC1. The lowest BCUT2D eigenvalue weighted by Crippen LogP contribution is -2.60. The number of aromatic amines is 1. The Morgan fingerprint density at radius 3 is 1.90 bits per heavy atom. The normalized spacial score (nSPS) is 17.8. The molecule has 2 aromatic heterocycles. The number of fused-ring (bicyclic) bond motifs is 2. The molecule has 2 unspecified atom stereocenters. The van der Waals surface area contributed by atoms with Gasteiger partial charge in [-0.25, -0.2) is 9.97 Å². The van der Waals surface area contributed by atoms with Crippen molar-refractivity contribution in [1.29, 1.82) is 0 Å². The fourth-order valence-electron chi connectivity index (χ4n) is 10.2. The molecule has 2 atom stereocenters. The maximum atomic E-state index is 13.9. The number of nitrogens with two attached hydrogens (primary N) is 1. The highest BCUT2D eigenvalue weighted by atomic mass is 35.5. The minimum absolute atomic E-state index is 0.0560. The van der Waals surface area contributed by atoms with Gasteiger partial charge < -0.3 is 69.0 Å². The van der Waals surface area contributed by atoms with E-state index >= 15 is 0 Å². The van der Waals surface area contributed by atoms with Crippen molar-refractivity contribution in [2.24, 2.45) is 5.73 Å². The molecule has 4 aromatic rings. The second-order valence-corrected chi connectivity index (χ2v) is 20.9. The predicted molar refractivity (Wildman–Crippen MR) is 305 cm³/mol. The van der Waals surface area contributed by atoms with E-state index in [1.807, 2.05) is 41.4 Å². The van der Waals surface area contributed by atoms with E-state index in [2.05, 4.69) is 40.7 Å². The molecule has 2 aromatic carbocycles. The number of hydrogen-bond donors (Lipinski definition) is 5. The van der Waals surface area contributed by atoms with Crippen molar-refractivity contribution in [2.45, 2.75) is 56.1 Å². The smallest absolute Gasteiger partial charge is 0.264 e. The topological polar surface area (TPSA) is 293 Å². The van der Waals surface area contributed by atoms with Gasteiger partial charge in [0.25, 0.3) is 11.8 Å². The molecule has 4 aliphatic rings. The van der Waals surface area contributed by atoms with Crippen LogP contribution in [0.5, 0.6) is 0 Å². The molecule has 0 radical (unpaired) electrons. The van der Waals surface area contributed by atoms with Crippen molar-refractivity contribution in [3.63, 3.8) is 0 Å². The maximum absolute atomic E-state index is 13.9. The molecule has 83 heavy (non-hydrogen) atoms. The van der Waals surface area contributed by atoms with E-state index in [-0.39, 0.29) is 41.8 Å². The molecule has 4 aliphatic heterocycles. The minimum Gasteiger partial charge on any atom is -0.382 e. The highest BCUT2D eigenvalue weighted by molar-refractivity contribution is 6.30. The average Bonchev–Trinajstić information content (AvgIpc) is 2.54. The molecule has 0 spiro atoms. The summed E-state index contributed by atoms with van der Waals surface area (Å²) in [6, 6.07) is 13.1. The van der Waals surface area contributed by atoms with Crippen LogP contribution in [0.15, 0.2) is 61.1 Å². The first-order chi connectivity index (χ1) is 40.5. The van der Waals surface area contributed by atoms with E-state index in [1.54, 1.807) is 24.5 Å². The van der Waals surface area contributed by atoms with Gasteiger partial charge in [0.2, 0.25) is 23.6 Å². The zero-order valence-corrected chi connectivity index (χ0v) is 47.8. The maximum Gasteiger partial charge on any atom is 0.264 e. The summed E-state index contributed by atoms with van der Waals surface area (Å²) in [5, 5.41) is 10.2. The van der Waals surface area contributed by atoms with Crippen LogP contribution >= 0.6 is 11.6 Å². The summed E-state index contributed by atoms with van der Waals surface area (Å²) in [5.74, 6) is -1.47. The van der Waals surface area contributed by atoms with Crippen LogP contribution in [-0.4, -0.2) is 235 Å². The number of piperidine rings is 2. The van der Waals surface area contributed by atoms with Gasteiger partial charge in [0.1, 0.15) is 23.8 Å². The number of H-pyrrole nitrogens is 1. The molecule has 8 rings (SSSR count). The Morgan fingerprint density at radius 1 is 0.711 bits per heavy atom. The van der Waals surface area contributed by atoms with E-state index in [9.17, 15) is 28.8 Å². The number of nitrogens with zero attached hydrogens (tertiary/aromatic N) is 6. The van der Waals surface area contributed by atoms with Gasteiger partial charge in [0.05, 0.1) is 140 Å². The Morgan fingerprint density at radius 2 is 1.30 bits per heavy atom. The van der Waals surface area contributed by atoms with Crippen molar-refractivity contribution >= 4 is 69.6 Å². The van der Waals surface area contributed by atoms with Crippen molar-refractivity contribution in [1.82, 2.24) is 40.3 Å². The number of carbonyl (C=O) groups is 6. The van der Waals surface area contributed by atoms with E-state index in [1.165, 1.54) is 0 Å². The number of nitrogens with one attached hydrogen (secondary N) is 4. The van der Waals surface area contributed by atoms with Crippen LogP contribution in [0.25, 0.3) is 11.0 Å². The lowest BCUT2D eigenvalue weighted by atomic mass is 9.87. The molecule has 26 heteroatoms. The van der Waals surface area contributed by atoms with Gasteiger partial charge in [-0.2, -0.15) is 0 Å². The van der Waals surface area contributed by atoms with Crippen molar-refractivity contribution < 1.29 is 66.7 Å². The van der Waals surface area contributed by atoms with Crippen LogP contribution in [0, 0.1) is 0 Å². The van der Waals surface area contributed by atoms with Gasteiger partial charge in [-0.05, 0) is 61.6 Å². The summed E-state index contributed by atoms with van der Waals surface area (Å²) >= 11 is 6.24. The largest absolute Gasteiger partial charge is 0.382 e. The van der Waals surface area contributed by atoms with Crippen LogP contribution in [0.4, 0.5) is 11.5 Å². The summed E-state index contributed by atoms with van der Waals surface area (Å²) in [4.78, 5) is 96.3. The minimum atomic E-state index is -1.02. The number of aromatic nitrogens is 3. The zero-order valence-electron chi connectivity index (χ0n) is 47.0. The van der Waals surface area contributed by atoms with Crippen molar-refractivity contribution in [2.75, 3.05) is 168 Å². The Kier molecular flexibility index (Phi) is 24.8. The Hall–Kier alpha value is -6.23. The van der Waals surface area contributed by atoms with Crippen molar-refractivity contribution in [3.8, 4) is 0 Å². The van der Waals surface area contributed by atoms with E-state index in [0.717, 1.165) is 46.9 Å². The second kappa shape index (κ2) is 32.7. The van der Waals surface area contributed by atoms with E-state index in [0.29, 0.717) is 175 Å². The zero-order chi connectivity index (χ0) is 58.2. The monoisotopic (exact) mass is 1180 g/mol. The lowest BCUT2D eigenvalue weighted by Gasteiger charge is -2.39. The highest BCUT2D eigenvalue weighted by Gasteiger charge is 2.46. The van der Waals surface area contributed by atoms with Crippen LogP contribution < -0.4 is 26.6 Å². The molecule has 6 amide bonds. The lowest BCUT2D eigenvalue weighted by molar-refractivity contribution is -0.136. The molecule has 0 bridgehead atoms. The molecule has 452 valence electrons. The second-order valence-electron chi connectivity index (χ2n) is 20.4. The molecule has 6 heterocycles. The Balaban J connectivity index is 0.557. The highest BCUT2D eigenvalue weighted by Crippen LogP contribution is 2.33. The molecule has 3 fully saturated rings. The number of rotatable bonds is 36. The standard InChI is InChI=1S/C57H78ClN11O14/c58-42-6-4-41(5-7-42)45(64-56(75)57(59)13-18-68(19-14-57)52-44-10-15-61-51(44)62-40-63-52)11-17-66-20-22-67(23-21-66)49(71)12-24-76-26-28-78-30-32-80-34-36-82-38-39-83-37-35-81-33-31-79-29-27-77-25-16-60-46-3-1-2-43-50(46)55(74)69(54(43)73)47-8-9-48(70)65-53(47)72/h1-7,10,15,40,45,47,60H,8-9,11-14,16-39,59H2,(H,64,75)(H,61,62,63)(H,65,70,72).